The van der Waals surface area contributed by atoms with E-state index in [4.69, 9.17) is 25.4 Å². The molecule has 0 spiro atoms. The van der Waals surface area contributed by atoms with Crippen molar-refractivity contribution in [1.29, 1.82) is 0 Å². The van der Waals surface area contributed by atoms with Gasteiger partial charge in [0.15, 0.2) is 0 Å². The second kappa shape index (κ2) is 15.0. The normalized spacial score (nSPS) is 18.5. The van der Waals surface area contributed by atoms with E-state index in [1.165, 1.54) is 12.0 Å². The van der Waals surface area contributed by atoms with E-state index in [0.717, 1.165) is 29.2 Å². The third-order valence-electron chi connectivity index (χ3n) is 6.93. The molecule has 2 aromatic rings. The average Bonchev–Trinajstić information content (AvgIpc) is 2.93. The van der Waals surface area contributed by atoms with Crippen molar-refractivity contribution in [3.8, 4) is 18.1 Å². The summed E-state index contributed by atoms with van der Waals surface area (Å²) in [6.07, 6.45) is 7.69. The zero-order valence-corrected chi connectivity index (χ0v) is 23.6. The van der Waals surface area contributed by atoms with Gasteiger partial charge >= 0.3 is 0 Å². The predicted octanol–water partition coefficient (Wildman–Crippen LogP) is 6.67. The number of hydrogen-bond donors (Lipinski definition) is 0. The minimum atomic E-state index is -0.199. The quantitative estimate of drug-likeness (QED) is 0.255. The van der Waals surface area contributed by atoms with E-state index in [0.29, 0.717) is 25.7 Å². The number of rotatable bonds is 14. The van der Waals surface area contributed by atoms with Gasteiger partial charge in [-0.15, -0.1) is 29.9 Å². The number of methoxy groups -OCH3 is 2. The third-order valence-corrected chi connectivity index (χ3v) is 10.7. The minimum absolute atomic E-state index is 0.00384. The predicted molar refractivity (Wildman–Crippen MR) is 153 cm³/mol. The van der Waals surface area contributed by atoms with Gasteiger partial charge in [-0.2, -0.15) is 0 Å². The summed E-state index contributed by atoms with van der Waals surface area (Å²) in [5.41, 5.74) is 2.29. The molecule has 1 saturated heterocycles. The number of terminal acetylenes is 1. The molecular weight excluding hydrogens is 488 g/mol. The Kier molecular flexibility index (Phi) is 12.0. The van der Waals surface area contributed by atoms with Crippen LogP contribution in [0.4, 0.5) is 0 Å². The third kappa shape index (κ3) is 8.19. The van der Waals surface area contributed by atoms with Crippen molar-refractivity contribution < 1.29 is 18.9 Å². The van der Waals surface area contributed by atoms with E-state index in [2.05, 4.69) is 67.6 Å². The van der Waals surface area contributed by atoms with Crippen LogP contribution in [0.5, 0.6) is 5.75 Å². The van der Waals surface area contributed by atoms with Gasteiger partial charge in [-0.3, -0.25) is 0 Å². The molecule has 2 aromatic carbocycles. The van der Waals surface area contributed by atoms with Crippen LogP contribution in [0, 0.1) is 24.2 Å². The first kappa shape index (κ1) is 28.9. The van der Waals surface area contributed by atoms with Crippen LogP contribution < -0.4 is 4.74 Å². The standard InChI is InChI=1S/C30H40O4S2/c1-6-29(32-5)23(2)24(3)30(35-17-10-18-36-30)19-28(34-21-25-11-8-7-9-12-25)22-33-20-26-13-15-27(31-4)16-14-26/h1,7-9,11-16,23-24,28-29H,10,17-22H2,2-5H3/t23-,24-,28-,29?/m0/s1. The van der Waals surface area contributed by atoms with E-state index in [1.807, 2.05) is 30.3 Å². The molecule has 36 heavy (non-hydrogen) atoms. The first-order chi connectivity index (χ1) is 17.5. The summed E-state index contributed by atoms with van der Waals surface area (Å²) in [6, 6.07) is 18.4. The second-order valence-electron chi connectivity index (χ2n) is 9.32. The van der Waals surface area contributed by atoms with Gasteiger partial charge in [0.2, 0.25) is 0 Å². The molecule has 0 aromatic heterocycles. The Morgan fingerprint density at radius 1 is 0.944 bits per heavy atom. The van der Waals surface area contributed by atoms with Crippen LogP contribution >= 0.6 is 23.5 Å². The summed E-state index contributed by atoms with van der Waals surface area (Å²) in [5.74, 6) is 6.56. The molecule has 4 nitrogen and oxygen atoms in total. The zero-order chi connectivity index (χ0) is 25.8. The zero-order valence-electron chi connectivity index (χ0n) is 22.0. The fourth-order valence-electron chi connectivity index (χ4n) is 4.56. The fourth-order valence-corrected chi connectivity index (χ4v) is 8.40. The highest BCUT2D eigenvalue weighted by Gasteiger charge is 2.45. The van der Waals surface area contributed by atoms with Gasteiger partial charge in [0.05, 0.1) is 37.1 Å². The van der Waals surface area contributed by atoms with Crippen LogP contribution in [0.2, 0.25) is 0 Å². The molecular formula is C30H40O4S2. The van der Waals surface area contributed by atoms with Gasteiger partial charge in [-0.1, -0.05) is 62.2 Å². The van der Waals surface area contributed by atoms with Crippen molar-refractivity contribution in [3.05, 3.63) is 65.7 Å². The van der Waals surface area contributed by atoms with Gasteiger partial charge < -0.3 is 18.9 Å². The summed E-state index contributed by atoms with van der Waals surface area (Å²) in [4.78, 5) is 0. The second-order valence-corrected chi connectivity index (χ2v) is 12.4. The molecule has 196 valence electrons. The van der Waals surface area contributed by atoms with Crippen molar-refractivity contribution in [2.75, 3.05) is 32.3 Å². The van der Waals surface area contributed by atoms with Gasteiger partial charge in [-0.25, -0.2) is 0 Å². The topological polar surface area (TPSA) is 36.9 Å². The van der Waals surface area contributed by atoms with Gasteiger partial charge in [0, 0.05) is 7.11 Å². The molecule has 1 unspecified atom stereocenters. The molecule has 1 aliphatic heterocycles. The van der Waals surface area contributed by atoms with Crippen molar-refractivity contribution in [2.24, 2.45) is 11.8 Å². The highest BCUT2D eigenvalue weighted by molar-refractivity contribution is 8.18. The Bertz CT molecular complexity index is 922. The van der Waals surface area contributed by atoms with E-state index in [1.54, 1.807) is 14.2 Å². The van der Waals surface area contributed by atoms with Crippen LogP contribution in [0.3, 0.4) is 0 Å². The van der Waals surface area contributed by atoms with Gasteiger partial charge in [0.1, 0.15) is 11.9 Å². The minimum Gasteiger partial charge on any atom is -0.497 e. The Labute approximate surface area is 226 Å². The van der Waals surface area contributed by atoms with Crippen LogP contribution in [0.15, 0.2) is 54.6 Å². The Hall–Kier alpha value is -1.62. The van der Waals surface area contributed by atoms with Crippen LogP contribution in [0.25, 0.3) is 0 Å². The largest absolute Gasteiger partial charge is 0.497 e. The van der Waals surface area contributed by atoms with Crippen molar-refractivity contribution >= 4 is 23.5 Å². The molecule has 3 rings (SSSR count). The Morgan fingerprint density at radius 3 is 2.22 bits per heavy atom. The maximum absolute atomic E-state index is 6.53. The lowest BCUT2D eigenvalue weighted by Crippen LogP contribution is -2.43. The lowest BCUT2D eigenvalue weighted by atomic mass is 9.85. The molecule has 1 fully saturated rings. The van der Waals surface area contributed by atoms with Crippen molar-refractivity contribution in [2.45, 2.75) is 56.2 Å². The first-order valence-corrected chi connectivity index (χ1v) is 14.6. The molecule has 0 amide bonds. The van der Waals surface area contributed by atoms with Crippen molar-refractivity contribution in [3.63, 3.8) is 0 Å². The molecule has 0 aliphatic carbocycles. The van der Waals surface area contributed by atoms with Crippen LogP contribution in [-0.2, 0) is 27.4 Å². The monoisotopic (exact) mass is 528 g/mol. The van der Waals surface area contributed by atoms with E-state index < -0.39 is 0 Å². The number of thioether (sulfide) groups is 2. The van der Waals surface area contributed by atoms with E-state index in [-0.39, 0.29) is 22.2 Å². The fraction of sp³-hybridized carbons (Fsp3) is 0.533. The summed E-state index contributed by atoms with van der Waals surface area (Å²) >= 11 is 4.12. The SMILES string of the molecule is C#CC(OC)[C@@H](C)[C@H](C)C1(C[C@@H](COCc2ccc(OC)cc2)OCc2ccccc2)SCCCS1. The molecule has 4 atom stereocenters. The number of benzene rings is 2. The van der Waals surface area contributed by atoms with Gasteiger partial charge in [-0.05, 0) is 59.4 Å². The van der Waals surface area contributed by atoms with Gasteiger partial charge in [0.25, 0.3) is 0 Å². The average molecular weight is 529 g/mol. The molecule has 0 N–H and O–H groups in total. The molecule has 0 radical (unpaired) electrons. The molecule has 0 bridgehead atoms. The summed E-state index contributed by atoms with van der Waals surface area (Å²) < 4.78 is 23.7. The summed E-state index contributed by atoms with van der Waals surface area (Å²) in [5, 5.41) is 0. The first-order valence-electron chi connectivity index (χ1n) is 12.6. The summed E-state index contributed by atoms with van der Waals surface area (Å²) in [7, 11) is 3.39. The van der Waals surface area contributed by atoms with Crippen molar-refractivity contribution in [1.82, 2.24) is 0 Å². The summed E-state index contributed by atoms with van der Waals surface area (Å²) in [6.45, 7) is 6.18. The molecule has 1 heterocycles. The lowest BCUT2D eigenvalue weighted by Gasteiger charge is -2.45. The molecule has 6 heteroatoms. The maximum atomic E-state index is 6.53. The van der Waals surface area contributed by atoms with Crippen LogP contribution in [-0.4, -0.2) is 48.6 Å². The highest BCUT2D eigenvalue weighted by Crippen LogP contribution is 2.53. The Balaban J connectivity index is 1.73. The molecule has 1 aliphatic rings. The number of ether oxygens (including phenoxy) is 4. The Morgan fingerprint density at radius 2 is 1.61 bits per heavy atom. The molecule has 0 saturated carbocycles. The smallest absolute Gasteiger partial charge is 0.120 e. The highest BCUT2D eigenvalue weighted by atomic mass is 32.2. The number of hydrogen-bond acceptors (Lipinski definition) is 6. The van der Waals surface area contributed by atoms with Crippen LogP contribution in [0.1, 0.15) is 37.8 Å². The van der Waals surface area contributed by atoms with E-state index >= 15 is 0 Å². The van der Waals surface area contributed by atoms with E-state index in [9.17, 15) is 0 Å². The maximum Gasteiger partial charge on any atom is 0.120 e. The lowest BCUT2D eigenvalue weighted by molar-refractivity contribution is -0.0382.